The lowest BCUT2D eigenvalue weighted by Crippen LogP contribution is -2.63. The number of rotatable bonds is 8. The first-order valence-corrected chi connectivity index (χ1v) is 13.9. The maximum Gasteiger partial charge on any atom is 0.132 e. The molecule has 0 saturated heterocycles. The van der Waals surface area contributed by atoms with Gasteiger partial charge in [0.05, 0.1) is 5.41 Å². The lowest BCUT2D eigenvalue weighted by Gasteiger charge is -2.57. The second kappa shape index (κ2) is 11.0. The molecule has 0 aliphatic carbocycles. The fraction of sp³-hybridized carbons (Fsp3) is 0.0769. The molecule has 200 valence electrons. The Kier molecular flexibility index (Phi) is 7.11. The molecule has 0 aliphatic rings. The molecule has 2 nitrogen and oxygen atoms in total. The summed E-state index contributed by atoms with van der Waals surface area (Å²) in [5.41, 5.74) is -0.749. The molecule has 2 heteroatoms. The van der Waals surface area contributed by atoms with E-state index in [0.717, 1.165) is 11.1 Å². The minimum absolute atomic E-state index is 0.671. The fourth-order valence-corrected chi connectivity index (χ4v) is 6.56. The molecular formula is C39H32O2. The van der Waals surface area contributed by atoms with E-state index in [2.05, 4.69) is 0 Å². The van der Waals surface area contributed by atoms with Crippen LogP contribution in [0.4, 0.5) is 0 Å². The first kappa shape index (κ1) is 26.5. The molecule has 0 heterocycles. The molecule has 0 radical (unpaired) electrons. The van der Waals surface area contributed by atoms with Crippen LogP contribution in [0.2, 0.25) is 0 Å². The van der Waals surface area contributed by atoms with Crippen molar-refractivity contribution in [1.29, 1.82) is 0 Å². The van der Waals surface area contributed by atoms with E-state index in [-0.39, 0.29) is 0 Å². The van der Waals surface area contributed by atoms with Crippen LogP contribution in [0.25, 0.3) is 0 Å². The molecule has 0 atom stereocenters. The van der Waals surface area contributed by atoms with Crippen LogP contribution < -0.4 is 0 Å². The van der Waals surface area contributed by atoms with E-state index in [4.69, 9.17) is 0 Å². The molecule has 0 aromatic heterocycles. The largest absolute Gasteiger partial charge is 0.379 e. The van der Waals surface area contributed by atoms with E-state index in [0.29, 0.717) is 22.3 Å². The highest BCUT2D eigenvalue weighted by Gasteiger charge is 2.66. The van der Waals surface area contributed by atoms with Crippen molar-refractivity contribution < 1.29 is 10.2 Å². The average molecular weight is 533 g/mol. The second-order valence-electron chi connectivity index (χ2n) is 10.4. The standard InChI is InChI=1S/C39H32O2/c40-38(33-23-11-3-12-24-33,34-25-13-4-14-26-34)37(31-19-7-1-8-20-31,32-21-9-2-10-22-32)39(41,35-27-15-5-16-28-35)36-29-17-6-18-30-36/h1-30,40-41H. The van der Waals surface area contributed by atoms with Crippen molar-refractivity contribution in [2.75, 3.05) is 0 Å². The van der Waals surface area contributed by atoms with E-state index < -0.39 is 16.6 Å². The van der Waals surface area contributed by atoms with E-state index in [1.54, 1.807) is 0 Å². The van der Waals surface area contributed by atoms with Crippen molar-refractivity contribution in [1.82, 2.24) is 0 Å². The Morgan fingerprint density at radius 1 is 0.244 bits per heavy atom. The van der Waals surface area contributed by atoms with E-state index in [9.17, 15) is 10.2 Å². The zero-order valence-electron chi connectivity index (χ0n) is 22.7. The maximum absolute atomic E-state index is 13.9. The molecule has 0 amide bonds. The molecule has 0 saturated carbocycles. The summed E-state index contributed by atoms with van der Waals surface area (Å²) in [6.07, 6.45) is 0. The second-order valence-corrected chi connectivity index (χ2v) is 10.4. The summed E-state index contributed by atoms with van der Waals surface area (Å²) in [5, 5.41) is 27.7. The smallest absolute Gasteiger partial charge is 0.132 e. The Bertz CT molecular complexity index is 1460. The van der Waals surface area contributed by atoms with Gasteiger partial charge in [0.25, 0.3) is 0 Å². The van der Waals surface area contributed by atoms with Crippen molar-refractivity contribution in [3.63, 3.8) is 0 Å². The zero-order valence-corrected chi connectivity index (χ0v) is 22.7. The predicted molar refractivity (Wildman–Crippen MR) is 165 cm³/mol. The van der Waals surface area contributed by atoms with Crippen molar-refractivity contribution in [3.8, 4) is 0 Å². The van der Waals surface area contributed by atoms with Crippen LogP contribution in [0, 0.1) is 0 Å². The minimum atomic E-state index is -1.75. The minimum Gasteiger partial charge on any atom is -0.379 e. The molecule has 0 spiro atoms. The molecule has 41 heavy (non-hydrogen) atoms. The third-order valence-corrected chi connectivity index (χ3v) is 8.27. The highest BCUT2D eigenvalue weighted by Crippen LogP contribution is 2.62. The third kappa shape index (κ3) is 4.12. The summed E-state index contributed by atoms with van der Waals surface area (Å²) >= 11 is 0. The van der Waals surface area contributed by atoms with Crippen LogP contribution >= 0.6 is 0 Å². The van der Waals surface area contributed by atoms with Crippen molar-refractivity contribution in [2.45, 2.75) is 16.6 Å². The summed E-state index contributed by atoms with van der Waals surface area (Å²) in [6, 6.07) is 58.8. The van der Waals surface area contributed by atoms with Crippen molar-refractivity contribution in [2.24, 2.45) is 0 Å². The van der Waals surface area contributed by atoms with E-state index in [1.807, 2.05) is 182 Å². The third-order valence-electron chi connectivity index (χ3n) is 8.27. The normalized spacial score (nSPS) is 12.1. The Morgan fingerprint density at radius 3 is 0.610 bits per heavy atom. The molecule has 6 aromatic rings. The summed E-state index contributed by atoms with van der Waals surface area (Å²) in [6.45, 7) is 0. The summed E-state index contributed by atoms with van der Waals surface area (Å²) in [5.74, 6) is 0. The molecule has 0 bridgehead atoms. The van der Waals surface area contributed by atoms with Gasteiger partial charge in [-0.3, -0.25) is 0 Å². The van der Waals surface area contributed by atoms with Gasteiger partial charge in [0.1, 0.15) is 11.2 Å². The van der Waals surface area contributed by atoms with Crippen LogP contribution in [0.3, 0.4) is 0 Å². The van der Waals surface area contributed by atoms with Crippen LogP contribution in [-0.4, -0.2) is 10.2 Å². The predicted octanol–water partition coefficient (Wildman–Crippen LogP) is 7.84. The Hall–Kier alpha value is -4.76. The Morgan fingerprint density at radius 2 is 0.415 bits per heavy atom. The van der Waals surface area contributed by atoms with Gasteiger partial charge in [-0.25, -0.2) is 0 Å². The molecule has 0 fully saturated rings. The van der Waals surface area contributed by atoms with Gasteiger partial charge in [-0.05, 0) is 33.4 Å². The number of hydrogen-bond acceptors (Lipinski definition) is 2. The molecular weight excluding hydrogens is 500 g/mol. The van der Waals surface area contributed by atoms with Gasteiger partial charge in [-0.15, -0.1) is 0 Å². The summed E-state index contributed by atoms with van der Waals surface area (Å²) < 4.78 is 0. The summed E-state index contributed by atoms with van der Waals surface area (Å²) in [4.78, 5) is 0. The van der Waals surface area contributed by atoms with Gasteiger partial charge in [0.15, 0.2) is 0 Å². The van der Waals surface area contributed by atoms with E-state index >= 15 is 0 Å². The van der Waals surface area contributed by atoms with Gasteiger partial charge in [-0.1, -0.05) is 182 Å². The molecule has 0 aliphatic heterocycles. The SMILES string of the molecule is OC(c1ccccc1)(c1ccccc1)C(c1ccccc1)(c1ccccc1)C(O)(c1ccccc1)c1ccccc1. The topological polar surface area (TPSA) is 40.5 Å². The van der Waals surface area contributed by atoms with Crippen molar-refractivity contribution >= 4 is 0 Å². The Balaban J connectivity index is 1.91. The number of benzene rings is 6. The molecule has 6 aromatic carbocycles. The van der Waals surface area contributed by atoms with Crippen molar-refractivity contribution in [3.05, 3.63) is 215 Å². The number of aliphatic hydroxyl groups is 2. The van der Waals surface area contributed by atoms with Crippen LogP contribution in [0.5, 0.6) is 0 Å². The van der Waals surface area contributed by atoms with E-state index in [1.165, 1.54) is 0 Å². The van der Waals surface area contributed by atoms with Crippen LogP contribution in [0.15, 0.2) is 182 Å². The lowest BCUT2D eigenvalue weighted by atomic mass is 9.48. The zero-order chi connectivity index (χ0) is 28.2. The number of hydrogen-bond donors (Lipinski definition) is 2. The van der Waals surface area contributed by atoms with Gasteiger partial charge in [0, 0.05) is 0 Å². The quantitative estimate of drug-likeness (QED) is 0.210. The Labute approximate surface area is 241 Å². The molecule has 6 rings (SSSR count). The van der Waals surface area contributed by atoms with Crippen LogP contribution in [-0.2, 0) is 16.6 Å². The van der Waals surface area contributed by atoms with Crippen LogP contribution in [0.1, 0.15) is 33.4 Å². The monoisotopic (exact) mass is 532 g/mol. The fourth-order valence-electron chi connectivity index (χ4n) is 6.56. The van der Waals surface area contributed by atoms with Gasteiger partial charge >= 0.3 is 0 Å². The van der Waals surface area contributed by atoms with Gasteiger partial charge < -0.3 is 10.2 Å². The lowest BCUT2D eigenvalue weighted by molar-refractivity contribution is -0.101. The highest BCUT2D eigenvalue weighted by atomic mass is 16.3. The average Bonchev–Trinajstić information content (AvgIpc) is 3.07. The maximum atomic E-state index is 13.9. The van der Waals surface area contributed by atoms with Gasteiger partial charge in [0.2, 0.25) is 0 Å². The first-order valence-electron chi connectivity index (χ1n) is 13.9. The first-order chi connectivity index (χ1) is 20.1. The molecule has 2 N–H and O–H groups in total. The molecule has 0 unspecified atom stereocenters. The summed E-state index contributed by atoms with van der Waals surface area (Å²) in [7, 11) is 0. The van der Waals surface area contributed by atoms with Gasteiger partial charge in [-0.2, -0.15) is 0 Å². The highest BCUT2D eigenvalue weighted by molar-refractivity contribution is 5.61.